The molecule has 1 aromatic heterocycles. The minimum absolute atomic E-state index is 0.00646. The summed E-state index contributed by atoms with van der Waals surface area (Å²) in [6.07, 6.45) is 0.101. The number of carbonyl (C=O) groups is 2. The first-order valence-electron chi connectivity index (χ1n) is 10.9. The Balaban J connectivity index is 1.55. The molecule has 12 heteroatoms. The van der Waals surface area contributed by atoms with Crippen LogP contribution in [0.15, 0.2) is 29.1 Å². The number of methoxy groups -OCH3 is 3. The van der Waals surface area contributed by atoms with Gasteiger partial charge < -0.3 is 35.0 Å². The summed E-state index contributed by atoms with van der Waals surface area (Å²) in [5.74, 6) is 0.0694. The summed E-state index contributed by atoms with van der Waals surface area (Å²) in [6, 6.07) is 6.21. The monoisotopic (exact) mass is 508 g/mol. The van der Waals surface area contributed by atoms with Gasteiger partial charge in [-0.15, -0.1) is 0 Å². The minimum atomic E-state index is -0.633. The number of para-hydroxylation sites is 1. The second kappa shape index (κ2) is 11.9. The molecular formula is C23H29ClN4O7. The van der Waals surface area contributed by atoms with Crippen LogP contribution in [0.3, 0.4) is 0 Å². The van der Waals surface area contributed by atoms with Crippen LogP contribution in [0.5, 0.6) is 11.5 Å². The molecule has 2 aromatic rings. The summed E-state index contributed by atoms with van der Waals surface area (Å²) in [5, 5.41) is 2.90. The van der Waals surface area contributed by atoms with Crippen LogP contribution in [0, 0.1) is 0 Å². The third kappa shape index (κ3) is 6.44. The van der Waals surface area contributed by atoms with Crippen LogP contribution in [0.1, 0.15) is 22.3 Å². The summed E-state index contributed by atoms with van der Waals surface area (Å²) >= 11 is 5.93. The Bertz CT molecular complexity index is 1120. The Morgan fingerprint density at radius 1 is 1.26 bits per heavy atom. The van der Waals surface area contributed by atoms with Crippen molar-refractivity contribution in [2.75, 3.05) is 46.7 Å². The number of nitrogens with zero attached hydrogens (tertiary/aromatic N) is 1. The SMILES string of the molecule is COc1cccc(COC(=O)CN2CC[C@H](NC(=O)c3cc(Cl)c(N)[nH]c3=O)[C@H](OC)C2)c1OC. The van der Waals surface area contributed by atoms with Gasteiger partial charge in [-0.25, -0.2) is 0 Å². The zero-order valence-corrected chi connectivity index (χ0v) is 20.5. The number of amides is 1. The van der Waals surface area contributed by atoms with Crippen LogP contribution in [-0.2, 0) is 20.9 Å². The standard InChI is InChI=1S/C23H29ClN4O7/c1-32-17-6-4-5-13(20(17)34-3)12-35-19(29)11-28-8-7-16(18(10-28)33-2)26-22(30)14-9-15(24)21(25)27-23(14)31/h4-6,9,16,18H,7-8,10-12H2,1-3H3,(H,26,30)(H3,25,27,31)/t16-,18+/m0/s1. The number of pyridine rings is 1. The van der Waals surface area contributed by atoms with Crippen molar-refractivity contribution in [2.24, 2.45) is 0 Å². The highest BCUT2D eigenvalue weighted by molar-refractivity contribution is 6.33. The number of H-pyrrole nitrogens is 1. The third-order valence-electron chi connectivity index (χ3n) is 5.75. The van der Waals surface area contributed by atoms with E-state index in [4.69, 9.17) is 36.3 Å². The second-order valence-corrected chi connectivity index (χ2v) is 8.37. The van der Waals surface area contributed by atoms with Crippen LogP contribution in [-0.4, -0.2) is 74.9 Å². The van der Waals surface area contributed by atoms with E-state index in [2.05, 4.69) is 10.3 Å². The molecule has 0 spiro atoms. The molecule has 4 N–H and O–H groups in total. The Hall–Kier alpha value is -3.28. The van der Waals surface area contributed by atoms with Crippen LogP contribution >= 0.6 is 11.6 Å². The molecule has 1 amide bonds. The number of benzene rings is 1. The summed E-state index contributed by atoms with van der Waals surface area (Å²) in [5.41, 5.74) is 5.48. The number of aromatic nitrogens is 1. The van der Waals surface area contributed by atoms with Crippen molar-refractivity contribution in [3.63, 3.8) is 0 Å². The molecule has 3 rings (SSSR count). The van der Waals surface area contributed by atoms with Gasteiger partial charge in [0.25, 0.3) is 11.5 Å². The maximum absolute atomic E-state index is 12.6. The maximum atomic E-state index is 12.6. The van der Waals surface area contributed by atoms with Gasteiger partial charge in [0.05, 0.1) is 37.9 Å². The van der Waals surface area contributed by atoms with Gasteiger partial charge in [-0.1, -0.05) is 23.7 Å². The summed E-state index contributed by atoms with van der Waals surface area (Å²) in [7, 11) is 4.58. The highest BCUT2D eigenvalue weighted by atomic mass is 35.5. The minimum Gasteiger partial charge on any atom is -0.493 e. The van der Waals surface area contributed by atoms with Crippen molar-refractivity contribution in [1.82, 2.24) is 15.2 Å². The van der Waals surface area contributed by atoms with E-state index < -0.39 is 23.5 Å². The molecule has 0 saturated carbocycles. The average Bonchev–Trinajstić information content (AvgIpc) is 2.85. The van der Waals surface area contributed by atoms with Crippen molar-refractivity contribution in [3.8, 4) is 11.5 Å². The zero-order valence-electron chi connectivity index (χ0n) is 19.8. The number of nitrogens with two attached hydrogens (primary N) is 1. The van der Waals surface area contributed by atoms with Crippen molar-refractivity contribution in [3.05, 3.63) is 50.8 Å². The molecule has 1 aliphatic rings. The fourth-order valence-corrected chi connectivity index (χ4v) is 4.07. The van der Waals surface area contributed by atoms with E-state index in [0.29, 0.717) is 36.6 Å². The molecule has 35 heavy (non-hydrogen) atoms. The number of piperidine rings is 1. The van der Waals surface area contributed by atoms with Crippen molar-refractivity contribution in [1.29, 1.82) is 0 Å². The van der Waals surface area contributed by atoms with Crippen molar-refractivity contribution < 1.29 is 28.5 Å². The van der Waals surface area contributed by atoms with E-state index in [0.717, 1.165) is 0 Å². The van der Waals surface area contributed by atoms with Gasteiger partial charge >= 0.3 is 5.97 Å². The fraction of sp³-hybridized carbons (Fsp3) is 0.435. The van der Waals surface area contributed by atoms with Gasteiger partial charge in [0.15, 0.2) is 11.5 Å². The number of ether oxygens (including phenoxy) is 4. The summed E-state index contributed by atoms with van der Waals surface area (Å²) in [4.78, 5) is 41.4. The van der Waals surface area contributed by atoms with Crippen LogP contribution in [0.25, 0.3) is 0 Å². The Kier molecular flexibility index (Phi) is 8.96. The van der Waals surface area contributed by atoms with Crippen LogP contribution in [0.2, 0.25) is 5.02 Å². The lowest BCUT2D eigenvalue weighted by Crippen LogP contribution is -2.56. The number of hydrogen-bond donors (Lipinski definition) is 3. The van der Waals surface area contributed by atoms with E-state index in [1.807, 2.05) is 4.90 Å². The lowest BCUT2D eigenvalue weighted by Gasteiger charge is -2.37. The quantitative estimate of drug-likeness (QED) is 0.425. The van der Waals surface area contributed by atoms with Crippen molar-refractivity contribution in [2.45, 2.75) is 25.2 Å². The van der Waals surface area contributed by atoms with E-state index in [9.17, 15) is 14.4 Å². The molecule has 1 fully saturated rings. The number of aromatic amines is 1. The largest absolute Gasteiger partial charge is 0.493 e. The topological polar surface area (TPSA) is 145 Å². The third-order valence-corrected chi connectivity index (χ3v) is 6.07. The van der Waals surface area contributed by atoms with E-state index in [1.165, 1.54) is 27.4 Å². The number of rotatable bonds is 9. The first-order valence-corrected chi connectivity index (χ1v) is 11.2. The van der Waals surface area contributed by atoms with Gasteiger partial charge in [-0.05, 0) is 18.6 Å². The molecule has 0 unspecified atom stereocenters. The number of nitrogens with one attached hydrogen (secondary N) is 2. The van der Waals surface area contributed by atoms with Gasteiger partial charge in [0, 0.05) is 25.8 Å². The second-order valence-electron chi connectivity index (χ2n) is 7.96. The van der Waals surface area contributed by atoms with E-state index in [1.54, 1.807) is 18.2 Å². The molecule has 190 valence electrons. The lowest BCUT2D eigenvalue weighted by atomic mass is 10.0. The molecule has 0 radical (unpaired) electrons. The van der Waals surface area contributed by atoms with E-state index in [-0.39, 0.29) is 35.6 Å². The number of carbonyl (C=O) groups excluding carboxylic acids is 2. The molecule has 2 heterocycles. The molecule has 0 aliphatic carbocycles. The maximum Gasteiger partial charge on any atom is 0.320 e. The number of hydrogen-bond acceptors (Lipinski definition) is 9. The van der Waals surface area contributed by atoms with Gasteiger partial charge in [-0.2, -0.15) is 0 Å². The Labute approximate surface area is 207 Å². The van der Waals surface area contributed by atoms with Crippen molar-refractivity contribution >= 4 is 29.3 Å². The molecule has 1 aliphatic heterocycles. The van der Waals surface area contributed by atoms with Crippen LogP contribution in [0.4, 0.5) is 5.82 Å². The molecule has 2 atom stereocenters. The smallest absolute Gasteiger partial charge is 0.320 e. The van der Waals surface area contributed by atoms with Gasteiger partial charge in [-0.3, -0.25) is 19.3 Å². The number of nitrogen functional groups attached to an aromatic ring is 1. The number of halogens is 1. The molecule has 1 saturated heterocycles. The van der Waals surface area contributed by atoms with Gasteiger partial charge in [0.2, 0.25) is 0 Å². The number of esters is 1. The molecule has 1 aromatic carbocycles. The zero-order chi connectivity index (χ0) is 25.5. The normalized spacial score (nSPS) is 18.1. The Morgan fingerprint density at radius 3 is 2.71 bits per heavy atom. The number of anilines is 1. The first kappa shape index (κ1) is 26.3. The highest BCUT2D eigenvalue weighted by Crippen LogP contribution is 2.31. The summed E-state index contributed by atoms with van der Waals surface area (Å²) < 4.78 is 21.6. The molecule has 0 bridgehead atoms. The first-order chi connectivity index (χ1) is 16.8. The fourth-order valence-electron chi connectivity index (χ4n) is 3.92. The predicted molar refractivity (Wildman–Crippen MR) is 129 cm³/mol. The average molecular weight is 509 g/mol. The van der Waals surface area contributed by atoms with Crippen LogP contribution < -0.4 is 26.1 Å². The number of likely N-dealkylation sites (tertiary alicyclic amines) is 1. The van der Waals surface area contributed by atoms with Gasteiger partial charge in [0.1, 0.15) is 18.0 Å². The summed E-state index contributed by atoms with van der Waals surface area (Å²) in [6.45, 7) is 0.997. The predicted octanol–water partition coefficient (Wildman–Crippen LogP) is 1.19. The molecule has 11 nitrogen and oxygen atoms in total. The highest BCUT2D eigenvalue weighted by Gasteiger charge is 2.32. The molecular weight excluding hydrogens is 480 g/mol. The lowest BCUT2D eigenvalue weighted by molar-refractivity contribution is -0.147. The van der Waals surface area contributed by atoms with E-state index >= 15 is 0 Å². The Morgan fingerprint density at radius 2 is 2.03 bits per heavy atom.